The highest BCUT2D eigenvalue weighted by Gasteiger charge is 1.99. The summed E-state index contributed by atoms with van der Waals surface area (Å²) in [7, 11) is 0. The number of nitrogens with zero attached hydrogens (tertiary/aromatic N) is 1. The minimum atomic E-state index is 0.191. The average Bonchev–Trinajstić information content (AvgIpc) is 2.49. The second-order valence-electron chi connectivity index (χ2n) is 4.89. The summed E-state index contributed by atoms with van der Waals surface area (Å²) in [5.74, 6) is 0. The maximum absolute atomic E-state index is 10.1. The first-order valence-electron chi connectivity index (χ1n) is 6.87. The third-order valence-electron chi connectivity index (χ3n) is 3.35. The monoisotopic (exact) mass is 269 g/mol. The Hall–Kier alpha value is -2.00. The van der Waals surface area contributed by atoms with E-state index in [2.05, 4.69) is 53.7 Å². The Balaban J connectivity index is 1.96. The van der Waals surface area contributed by atoms with Crippen molar-refractivity contribution >= 4 is 0 Å². The number of aliphatic hydroxyl groups is 1. The predicted molar refractivity (Wildman–Crippen MR) is 80.8 cm³/mol. The molecule has 0 heterocycles. The van der Waals surface area contributed by atoms with Gasteiger partial charge in [0, 0.05) is 6.61 Å². The number of hydrogen-bond acceptors (Lipinski definition) is 3. The van der Waals surface area contributed by atoms with Crippen molar-refractivity contribution in [2.75, 3.05) is 13.2 Å². The second kappa shape index (κ2) is 7.56. The number of rotatable bonds is 7. The molecule has 0 aliphatic heterocycles. The topological polar surface area (TPSA) is 49.7 Å². The highest BCUT2D eigenvalue weighted by molar-refractivity contribution is 5.30. The molecule has 1 N–H and O–H groups in total. The molecule has 20 heavy (non-hydrogen) atoms. The van der Waals surface area contributed by atoms with Gasteiger partial charge in [-0.3, -0.25) is 0 Å². The maximum Gasteiger partial charge on any atom is 0.0851 e. The third kappa shape index (κ3) is 4.28. The number of hydrogen-bond donors (Lipinski definition) is 1. The summed E-state index contributed by atoms with van der Waals surface area (Å²) in [6.45, 7) is 0.530. The van der Waals surface area contributed by atoms with Crippen LogP contribution in [0.3, 0.4) is 0 Å². The molecule has 0 saturated carbocycles. The Morgan fingerprint density at radius 2 is 1.20 bits per heavy atom. The van der Waals surface area contributed by atoms with Crippen molar-refractivity contribution in [1.29, 1.82) is 0 Å². The second-order valence-corrected chi connectivity index (χ2v) is 4.89. The van der Waals surface area contributed by atoms with Crippen molar-refractivity contribution in [3.8, 4) is 0 Å². The Morgan fingerprint density at radius 1 is 0.750 bits per heavy atom. The molecule has 2 rings (SSSR count). The first-order chi connectivity index (χ1) is 9.81. The van der Waals surface area contributed by atoms with Gasteiger partial charge in [-0.2, -0.15) is 4.91 Å². The molecule has 0 radical (unpaired) electrons. The van der Waals surface area contributed by atoms with Gasteiger partial charge in [-0.25, -0.2) is 0 Å². The van der Waals surface area contributed by atoms with Crippen LogP contribution in [0.2, 0.25) is 0 Å². The Kier molecular flexibility index (Phi) is 5.44. The van der Waals surface area contributed by atoms with Gasteiger partial charge in [0.2, 0.25) is 0 Å². The van der Waals surface area contributed by atoms with Crippen LogP contribution >= 0.6 is 0 Å². The van der Waals surface area contributed by atoms with Crippen molar-refractivity contribution in [2.24, 2.45) is 5.18 Å². The first-order valence-corrected chi connectivity index (χ1v) is 6.87. The van der Waals surface area contributed by atoms with E-state index in [1.807, 2.05) is 0 Å². The number of nitroso groups, excluding NO2 is 1. The van der Waals surface area contributed by atoms with Crippen LogP contribution in [0.5, 0.6) is 0 Å². The van der Waals surface area contributed by atoms with E-state index in [-0.39, 0.29) is 6.61 Å². The van der Waals surface area contributed by atoms with Gasteiger partial charge in [0.25, 0.3) is 0 Å². The van der Waals surface area contributed by atoms with Crippen LogP contribution in [0.15, 0.2) is 53.7 Å². The molecule has 0 atom stereocenters. The van der Waals surface area contributed by atoms with Crippen molar-refractivity contribution < 1.29 is 5.11 Å². The van der Waals surface area contributed by atoms with Crippen molar-refractivity contribution in [3.05, 3.63) is 75.7 Å². The van der Waals surface area contributed by atoms with E-state index in [1.54, 1.807) is 0 Å². The van der Waals surface area contributed by atoms with Crippen LogP contribution in [-0.4, -0.2) is 18.3 Å². The van der Waals surface area contributed by atoms with Crippen LogP contribution < -0.4 is 0 Å². The van der Waals surface area contributed by atoms with Gasteiger partial charge in [0.1, 0.15) is 0 Å². The quantitative estimate of drug-likeness (QED) is 0.785. The predicted octanol–water partition coefficient (Wildman–Crippen LogP) is 3.12. The fraction of sp³-hybridized carbons (Fsp3) is 0.294. The van der Waals surface area contributed by atoms with E-state index in [4.69, 9.17) is 5.11 Å². The fourth-order valence-corrected chi connectivity index (χ4v) is 2.19. The third-order valence-corrected chi connectivity index (χ3v) is 3.35. The summed E-state index contributed by atoms with van der Waals surface area (Å²) in [5, 5.41) is 11.8. The van der Waals surface area contributed by atoms with E-state index >= 15 is 0 Å². The minimum Gasteiger partial charge on any atom is -0.396 e. The van der Waals surface area contributed by atoms with E-state index in [9.17, 15) is 4.91 Å². The first kappa shape index (κ1) is 14.4. The largest absolute Gasteiger partial charge is 0.396 e. The number of benzene rings is 2. The van der Waals surface area contributed by atoms with E-state index in [1.165, 1.54) is 11.1 Å². The van der Waals surface area contributed by atoms with Gasteiger partial charge in [-0.1, -0.05) is 53.7 Å². The molecule has 3 heteroatoms. The van der Waals surface area contributed by atoms with Crippen LogP contribution in [0.1, 0.15) is 22.3 Å². The molecule has 2 aromatic rings. The highest BCUT2D eigenvalue weighted by atomic mass is 16.3. The van der Waals surface area contributed by atoms with Gasteiger partial charge in [0.05, 0.1) is 6.54 Å². The normalized spacial score (nSPS) is 10.4. The lowest BCUT2D eigenvalue weighted by Crippen LogP contribution is -1.93. The van der Waals surface area contributed by atoms with Crippen LogP contribution in [0.4, 0.5) is 0 Å². The van der Waals surface area contributed by atoms with Crippen LogP contribution in [-0.2, 0) is 19.3 Å². The molecule has 0 fully saturated rings. The molecular weight excluding hydrogens is 250 g/mol. The van der Waals surface area contributed by atoms with Crippen LogP contribution in [0, 0.1) is 4.91 Å². The Labute approximate surface area is 119 Å². The molecule has 0 aliphatic carbocycles. The number of aliphatic hydroxyl groups excluding tert-OH is 1. The van der Waals surface area contributed by atoms with Gasteiger partial charge >= 0.3 is 0 Å². The minimum absolute atomic E-state index is 0.191. The molecular formula is C17H19NO2. The van der Waals surface area contributed by atoms with E-state index in [0.29, 0.717) is 19.4 Å². The van der Waals surface area contributed by atoms with Crippen molar-refractivity contribution in [3.63, 3.8) is 0 Å². The molecule has 0 amide bonds. The molecule has 0 aliphatic rings. The summed E-state index contributed by atoms with van der Waals surface area (Å²) in [6, 6.07) is 16.7. The smallest absolute Gasteiger partial charge is 0.0851 e. The SMILES string of the molecule is O=NCCc1ccc(Cc2ccc(CCO)cc2)cc1. The van der Waals surface area contributed by atoms with E-state index in [0.717, 1.165) is 17.5 Å². The fourth-order valence-electron chi connectivity index (χ4n) is 2.19. The van der Waals surface area contributed by atoms with E-state index < -0.39 is 0 Å². The molecule has 0 bridgehead atoms. The Bertz CT molecular complexity index is 532. The van der Waals surface area contributed by atoms with Gasteiger partial charge in [0.15, 0.2) is 0 Å². The summed E-state index contributed by atoms with van der Waals surface area (Å²) in [6.07, 6.45) is 2.31. The maximum atomic E-state index is 10.1. The van der Waals surface area contributed by atoms with Crippen molar-refractivity contribution in [1.82, 2.24) is 0 Å². The molecule has 2 aromatic carbocycles. The molecule has 104 valence electrons. The van der Waals surface area contributed by atoms with Gasteiger partial charge in [-0.05, 0) is 41.5 Å². The summed E-state index contributed by atoms with van der Waals surface area (Å²) < 4.78 is 0. The lowest BCUT2D eigenvalue weighted by Gasteiger charge is -2.05. The zero-order valence-electron chi connectivity index (χ0n) is 11.5. The standard InChI is InChI=1S/C17H19NO2/c19-12-10-15-3-7-17(8-4-15)13-16-5-1-14(2-6-16)9-11-18-20/h1-8,19H,9-13H2. The molecule has 0 unspecified atom stereocenters. The van der Waals surface area contributed by atoms with Gasteiger partial charge in [-0.15, -0.1) is 0 Å². The Morgan fingerprint density at radius 3 is 1.65 bits per heavy atom. The molecule has 0 saturated heterocycles. The average molecular weight is 269 g/mol. The lowest BCUT2D eigenvalue weighted by atomic mass is 10.0. The van der Waals surface area contributed by atoms with Crippen molar-refractivity contribution in [2.45, 2.75) is 19.3 Å². The van der Waals surface area contributed by atoms with Gasteiger partial charge < -0.3 is 5.11 Å². The molecule has 3 nitrogen and oxygen atoms in total. The van der Waals surface area contributed by atoms with Crippen LogP contribution in [0.25, 0.3) is 0 Å². The summed E-state index contributed by atoms with van der Waals surface area (Å²) >= 11 is 0. The zero-order chi connectivity index (χ0) is 14.2. The highest BCUT2D eigenvalue weighted by Crippen LogP contribution is 2.12. The molecule has 0 spiro atoms. The molecule has 0 aromatic heterocycles. The zero-order valence-corrected chi connectivity index (χ0v) is 11.5. The lowest BCUT2D eigenvalue weighted by molar-refractivity contribution is 0.299. The summed E-state index contributed by atoms with van der Waals surface area (Å²) in [5.41, 5.74) is 4.82. The summed E-state index contributed by atoms with van der Waals surface area (Å²) in [4.78, 5) is 10.1.